The third-order valence-corrected chi connectivity index (χ3v) is 3.82. The lowest BCUT2D eigenvalue weighted by molar-refractivity contribution is 0.300. The quantitative estimate of drug-likeness (QED) is 0.880. The molecule has 1 saturated carbocycles. The van der Waals surface area contributed by atoms with E-state index in [2.05, 4.69) is 15.3 Å². The van der Waals surface area contributed by atoms with Gasteiger partial charge in [0.05, 0.1) is 22.6 Å². The van der Waals surface area contributed by atoms with Crippen LogP contribution in [0.15, 0.2) is 23.7 Å². The summed E-state index contributed by atoms with van der Waals surface area (Å²) in [6.07, 6.45) is 4.38. The van der Waals surface area contributed by atoms with Crippen LogP contribution in [0.2, 0.25) is 0 Å². The van der Waals surface area contributed by atoms with Crippen LogP contribution in [0.5, 0.6) is 5.75 Å². The molecular weight excluding hydrogens is 258 g/mol. The van der Waals surface area contributed by atoms with Crippen molar-refractivity contribution in [2.75, 3.05) is 0 Å². The van der Waals surface area contributed by atoms with E-state index in [1.807, 2.05) is 24.4 Å². The molecule has 0 aliphatic heterocycles. The van der Waals surface area contributed by atoms with Crippen LogP contribution in [0.4, 0.5) is 0 Å². The van der Waals surface area contributed by atoms with Crippen molar-refractivity contribution in [3.63, 3.8) is 0 Å². The second-order valence-corrected chi connectivity index (χ2v) is 5.85. The Balaban J connectivity index is 1.50. The monoisotopic (exact) mass is 275 g/mol. The lowest BCUT2D eigenvalue weighted by Gasteiger charge is -2.06. The van der Waals surface area contributed by atoms with Gasteiger partial charge in [0.15, 0.2) is 0 Å². The van der Waals surface area contributed by atoms with Gasteiger partial charge in [0.2, 0.25) is 0 Å². The van der Waals surface area contributed by atoms with E-state index in [1.54, 1.807) is 17.5 Å². The molecule has 0 spiro atoms. The minimum Gasteiger partial charge on any atom is -0.486 e. The van der Waals surface area contributed by atoms with Gasteiger partial charge in [-0.25, -0.2) is 4.98 Å². The first-order valence-corrected chi connectivity index (χ1v) is 7.40. The first kappa shape index (κ1) is 12.6. The second-order valence-electron chi connectivity index (χ2n) is 4.79. The van der Waals surface area contributed by atoms with Gasteiger partial charge in [-0.15, -0.1) is 11.3 Å². The zero-order valence-electron chi connectivity index (χ0n) is 10.9. The van der Waals surface area contributed by atoms with Crippen molar-refractivity contribution in [1.29, 1.82) is 0 Å². The van der Waals surface area contributed by atoms with E-state index in [9.17, 15) is 0 Å². The molecule has 3 rings (SSSR count). The molecular formula is C14H17N3OS. The molecule has 4 nitrogen and oxygen atoms in total. The van der Waals surface area contributed by atoms with Crippen LogP contribution in [0.3, 0.4) is 0 Å². The van der Waals surface area contributed by atoms with Gasteiger partial charge in [-0.1, -0.05) is 0 Å². The highest BCUT2D eigenvalue weighted by Crippen LogP contribution is 2.19. The number of thiazole rings is 1. The molecule has 0 amide bonds. The zero-order valence-corrected chi connectivity index (χ0v) is 11.7. The van der Waals surface area contributed by atoms with Gasteiger partial charge in [0, 0.05) is 18.0 Å². The van der Waals surface area contributed by atoms with Gasteiger partial charge in [-0.05, 0) is 31.9 Å². The number of rotatable bonds is 6. The predicted molar refractivity (Wildman–Crippen MR) is 75.3 cm³/mol. The molecule has 0 atom stereocenters. The van der Waals surface area contributed by atoms with Crippen molar-refractivity contribution in [2.24, 2.45) is 0 Å². The van der Waals surface area contributed by atoms with Crippen LogP contribution >= 0.6 is 11.3 Å². The third kappa shape index (κ3) is 3.75. The van der Waals surface area contributed by atoms with Gasteiger partial charge in [-0.2, -0.15) is 0 Å². The topological polar surface area (TPSA) is 47.0 Å². The maximum Gasteiger partial charge on any atom is 0.138 e. The molecule has 0 bridgehead atoms. The Bertz CT molecular complexity index is 534. The van der Waals surface area contributed by atoms with Crippen LogP contribution in [-0.2, 0) is 13.2 Å². The number of ether oxygens (including phenoxy) is 1. The molecule has 1 aliphatic carbocycles. The lowest BCUT2D eigenvalue weighted by Crippen LogP contribution is -2.16. The number of nitrogens with one attached hydrogen (secondary N) is 1. The molecule has 5 heteroatoms. The molecule has 0 radical (unpaired) electrons. The van der Waals surface area contributed by atoms with E-state index in [4.69, 9.17) is 4.74 Å². The molecule has 1 aliphatic rings. The number of pyridine rings is 1. The number of hydrogen-bond donors (Lipinski definition) is 1. The Labute approximate surface area is 116 Å². The van der Waals surface area contributed by atoms with E-state index in [0.29, 0.717) is 12.6 Å². The fourth-order valence-corrected chi connectivity index (χ4v) is 2.37. The maximum atomic E-state index is 5.66. The summed E-state index contributed by atoms with van der Waals surface area (Å²) in [5.41, 5.74) is 2.03. The lowest BCUT2D eigenvalue weighted by atomic mass is 10.3. The molecule has 1 fully saturated rings. The fourth-order valence-electron chi connectivity index (χ4n) is 1.77. The van der Waals surface area contributed by atoms with E-state index >= 15 is 0 Å². The van der Waals surface area contributed by atoms with E-state index in [1.165, 1.54) is 12.8 Å². The normalized spacial score (nSPS) is 14.6. The van der Waals surface area contributed by atoms with Crippen molar-refractivity contribution in [3.05, 3.63) is 40.1 Å². The minimum absolute atomic E-state index is 0.506. The highest BCUT2D eigenvalue weighted by Gasteiger charge is 2.19. The summed E-state index contributed by atoms with van der Waals surface area (Å²) in [5, 5.41) is 6.53. The van der Waals surface area contributed by atoms with Crippen LogP contribution in [-0.4, -0.2) is 16.0 Å². The fraction of sp³-hybridized carbons (Fsp3) is 0.429. The summed E-state index contributed by atoms with van der Waals surface area (Å²) in [4.78, 5) is 8.75. The van der Waals surface area contributed by atoms with Gasteiger partial charge >= 0.3 is 0 Å². The first-order chi connectivity index (χ1) is 9.29. The van der Waals surface area contributed by atoms with Crippen LogP contribution < -0.4 is 10.1 Å². The zero-order chi connectivity index (χ0) is 13.1. The predicted octanol–water partition coefficient (Wildman–Crippen LogP) is 2.68. The van der Waals surface area contributed by atoms with Crippen molar-refractivity contribution in [3.8, 4) is 5.75 Å². The Morgan fingerprint density at radius 1 is 1.37 bits per heavy atom. The molecule has 19 heavy (non-hydrogen) atoms. The summed E-state index contributed by atoms with van der Waals surface area (Å²) < 4.78 is 5.66. The maximum absolute atomic E-state index is 5.66. The Morgan fingerprint density at radius 2 is 2.26 bits per heavy atom. The average molecular weight is 275 g/mol. The van der Waals surface area contributed by atoms with Crippen molar-refractivity contribution in [2.45, 2.75) is 39.0 Å². The van der Waals surface area contributed by atoms with Crippen LogP contribution in [0.1, 0.15) is 29.2 Å². The van der Waals surface area contributed by atoms with Crippen molar-refractivity contribution < 1.29 is 4.74 Å². The standard InChI is InChI=1S/C14H17N3OS/c1-10-17-13(9-19-10)8-18-14-5-4-12(16-7-14)6-15-11-2-3-11/h4-5,7,9,11,15H,2-3,6,8H2,1H3. The Hall–Kier alpha value is -1.46. The summed E-state index contributed by atoms with van der Waals surface area (Å²) in [6.45, 7) is 3.35. The highest BCUT2D eigenvalue weighted by atomic mass is 32.1. The summed E-state index contributed by atoms with van der Waals surface area (Å²) in [5.74, 6) is 0.792. The minimum atomic E-state index is 0.506. The first-order valence-electron chi connectivity index (χ1n) is 6.52. The number of aryl methyl sites for hydroxylation is 1. The van der Waals surface area contributed by atoms with Crippen molar-refractivity contribution in [1.82, 2.24) is 15.3 Å². The van der Waals surface area contributed by atoms with E-state index < -0.39 is 0 Å². The highest BCUT2D eigenvalue weighted by molar-refractivity contribution is 7.09. The molecule has 1 N–H and O–H groups in total. The molecule has 0 unspecified atom stereocenters. The molecule has 2 heterocycles. The molecule has 100 valence electrons. The molecule has 0 saturated heterocycles. The van der Waals surface area contributed by atoms with E-state index in [-0.39, 0.29) is 0 Å². The van der Waals surface area contributed by atoms with Gasteiger partial charge in [-0.3, -0.25) is 4.98 Å². The largest absolute Gasteiger partial charge is 0.486 e. The van der Waals surface area contributed by atoms with Gasteiger partial charge in [0.25, 0.3) is 0 Å². The molecule has 2 aromatic rings. The number of nitrogens with zero attached hydrogens (tertiary/aromatic N) is 2. The number of hydrogen-bond acceptors (Lipinski definition) is 5. The smallest absolute Gasteiger partial charge is 0.138 e. The van der Waals surface area contributed by atoms with E-state index in [0.717, 1.165) is 28.7 Å². The Kier molecular flexibility index (Phi) is 3.75. The Morgan fingerprint density at radius 3 is 2.89 bits per heavy atom. The number of aromatic nitrogens is 2. The summed E-state index contributed by atoms with van der Waals surface area (Å²) in [7, 11) is 0. The SMILES string of the molecule is Cc1nc(COc2ccc(CNC3CC3)nc2)cs1. The van der Waals surface area contributed by atoms with Gasteiger partial charge in [0.1, 0.15) is 12.4 Å². The summed E-state index contributed by atoms with van der Waals surface area (Å²) in [6, 6.07) is 4.69. The van der Waals surface area contributed by atoms with Crippen LogP contribution in [0, 0.1) is 6.92 Å². The summed E-state index contributed by atoms with van der Waals surface area (Å²) >= 11 is 1.64. The van der Waals surface area contributed by atoms with Crippen LogP contribution in [0.25, 0.3) is 0 Å². The third-order valence-electron chi connectivity index (χ3n) is 3.00. The average Bonchev–Trinajstić information content (AvgIpc) is 3.17. The van der Waals surface area contributed by atoms with Gasteiger partial charge < -0.3 is 10.1 Å². The van der Waals surface area contributed by atoms with Crippen molar-refractivity contribution >= 4 is 11.3 Å². The molecule has 2 aromatic heterocycles. The second kappa shape index (κ2) is 5.67. The molecule has 0 aromatic carbocycles.